The van der Waals surface area contributed by atoms with Gasteiger partial charge in [-0.15, -0.1) is 18.3 Å². The number of hydrogen-bond acceptors (Lipinski definition) is 7. The van der Waals surface area contributed by atoms with E-state index >= 15 is 0 Å². The van der Waals surface area contributed by atoms with Gasteiger partial charge in [0.05, 0.1) is 23.2 Å². The maximum Gasteiger partial charge on any atom is 0.573 e. The second kappa shape index (κ2) is 13.3. The van der Waals surface area contributed by atoms with Crippen LogP contribution < -0.4 is 15.1 Å². The number of nitrogens with one attached hydrogen (secondary N) is 1. The predicted molar refractivity (Wildman–Crippen MR) is 171 cm³/mol. The van der Waals surface area contributed by atoms with Gasteiger partial charge in [-0.3, -0.25) is 15.1 Å². The first-order valence-corrected chi connectivity index (χ1v) is 15.3. The minimum Gasteiger partial charge on any atom is -0.406 e. The summed E-state index contributed by atoms with van der Waals surface area (Å²) in [5.41, 5.74) is 7.66. The Bertz CT molecular complexity index is 1760. The molecule has 46 heavy (non-hydrogen) atoms. The number of ether oxygens (including phenoxy) is 1. The number of hydrogen-bond donors (Lipinski definition) is 1. The Hall–Kier alpha value is -4.69. The fraction of sp³-hybridized carbons (Fsp3) is 0.281. The molecule has 4 aromatic rings. The number of aromatic nitrogens is 3. The molecule has 0 spiro atoms. The summed E-state index contributed by atoms with van der Waals surface area (Å²) in [7, 11) is 1.73. The number of aliphatic imine (C=N–C) groups is 1. The predicted octanol–water partition coefficient (Wildman–Crippen LogP) is 7.02. The van der Waals surface area contributed by atoms with E-state index < -0.39 is 12.4 Å². The van der Waals surface area contributed by atoms with Crippen LogP contribution in [-0.4, -0.2) is 56.0 Å². The van der Waals surface area contributed by atoms with E-state index in [1.165, 1.54) is 51.9 Å². The molecule has 0 aliphatic carbocycles. The lowest BCUT2D eigenvalue weighted by molar-refractivity contribution is -0.274. The summed E-state index contributed by atoms with van der Waals surface area (Å²) in [5.74, 6) is 0.351. The van der Waals surface area contributed by atoms with Gasteiger partial charge in [0.25, 0.3) is 0 Å². The van der Waals surface area contributed by atoms with Crippen LogP contribution in [0.15, 0.2) is 78.0 Å². The van der Waals surface area contributed by atoms with Crippen molar-refractivity contribution in [2.24, 2.45) is 4.99 Å². The maximum absolute atomic E-state index is 13.0. The molecule has 3 amide bonds. The Balaban J connectivity index is 1.24. The molecule has 14 heteroatoms. The van der Waals surface area contributed by atoms with Crippen molar-refractivity contribution in [2.75, 3.05) is 17.7 Å². The molecule has 1 N–H and O–H groups in total. The van der Waals surface area contributed by atoms with Gasteiger partial charge >= 0.3 is 12.4 Å². The summed E-state index contributed by atoms with van der Waals surface area (Å²) in [5, 5.41) is 6.41. The minimum absolute atomic E-state index is 0.126. The van der Waals surface area contributed by atoms with Crippen LogP contribution in [0.2, 0.25) is 0 Å². The van der Waals surface area contributed by atoms with Crippen LogP contribution in [0.3, 0.4) is 0 Å². The molecule has 1 aliphatic heterocycles. The van der Waals surface area contributed by atoms with Crippen LogP contribution >= 0.6 is 11.8 Å². The van der Waals surface area contributed by atoms with Crippen LogP contribution in [0.1, 0.15) is 49.4 Å². The monoisotopic (exact) mass is 651 g/mol. The Morgan fingerprint density at radius 2 is 1.76 bits per heavy atom. The summed E-state index contributed by atoms with van der Waals surface area (Å²) >= 11 is 1.23. The van der Waals surface area contributed by atoms with Crippen molar-refractivity contribution in [3.05, 3.63) is 89.7 Å². The zero-order valence-electron chi connectivity index (χ0n) is 25.7. The molecule has 240 valence electrons. The number of rotatable bonds is 8. The van der Waals surface area contributed by atoms with Crippen molar-refractivity contribution >= 4 is 34.6 Å². The maximum atomic E-state index is 13.0. The average molecular weight is 652 g/mol. The third-order valence-corrected chi connectivity index (χ3v) is 8.27. The molecule has 0 bridgehead atoms. The highest BCUT2D eigenvalue weighted by atomic mass is 32.2. The SMILES string of the molecule is Cc1ccc(C(C)C)c(N2C(=O)CS/C2=N\C(=O)NN(C)C(C)c2ccc(-c3ncn(-c4ccc(OC(F)(F)F)cc4)n3)cc2)c1. The summed E-state index contributed by atoms with van der Waals surface area (Å²) in [6, 6.07) is 17.9. The summed E-state index contributed by atoms with van der Waals surface area (Å²) in [6.45, 7) is 7.99. The van der Waals surface area contributed by atoms with Gasteiger partial charge in [0.1, 0.15) is 12.1 Å². The zero-order chi connectivity index (χ0) is 33.2. The number of anilines is 1. The molecule has 1 atom stereocenters. The number of thioether (sulfide) groups is 1. The second-order valence-electron chi connectivity index (χ2n) is 11.0. The fourth-order valence-electron chi connectivity index (χ4n) is 4.83. The van der Waals surface area contributed by atoms with Crippen LogP contribution in [0.5, 0.6) is 5.75 Å². The van der Waals surface area contributed by atoms with Gasteiger partial charge in [-0.2, -0.15) is 4.99 Å². The first-order valence-electron chi connectivity index (χ1n) is 14.4. The van der Waals surface area contributed by atoms with E-state index in [2.05, 4.69) is 39.1 Å². The van der Waals surface area contributed by atoms with Crippen molar-refractivity contribution in [1.29, 1.82) is 0 Å². The van der Waals surface area contributed by atoms with E-state index in [1.54, 1.807) is 12.1 Å². The normalized spacial score (nSPS) is 15.2. The second-order valence-corrected chi connectivity index (χ2v) is 12.0. The average Bonchev–Trinajstić information content (AvgIpc) is 3.63. The number of hydrazine groups is 1. The van der Waals surface area contributed by atoms with Gasteiger partial charge in [-0.1, -0.05) is 62.0 Å². The highest BCUT2D eigenvalue weighted by Crippen LogP contribution is 2.34. The van der Waals surface area contributed by atoms with E-state index in [0.717, 1.165) is 27.9 Å². The number of carbonyl (C=O) groups excluding carboxylic acids is 2. The van der Waals surface area contributed by atoms with E-state index in [1.807, 2.05) is 56.3 Å². The van der Waals surface area contributed by atoms with E-state index in [0.29, 0.717) is 16.7 Å². The number of amidine groups is 1. The lowest BCUT2D eigenvalue weighted by Crippen LogP contribution is -2.40. The topological polar surface area (TPSA) is 105 Å². The minimum atomic E-state index is -4.77. The van der Waals surface area contributed by atoms with Gasteiger partial charge in [0, 0.05) is 12.6 Å². The Kier molecular flexibility index (Phi) is 9.49. The fourth-order valence-corrected chi connectivity index (χ4v) is 5.69. The molecular weight excluding hydrogens is 619 g/mol. The smallest absolute Gasteiger partial charge is 0.406 e. The van der Waals surface area contributed by atoms with Gasteiger partial charge in [-0.25, -0.2) is 19.5 Å². The number of aryl methyl sites for hydroxylation is 1. The lowest BCUT2D eigenvalue weighted by atomic mass is 9.99. The van der Waals surface area contributed by atoms with Crippen LogP contribution in [-0.2, 0) is 4.79 Å². The Morgan fingerprint density at radius 1 is 1.07 bits per heavy atom. The Morgan fingerprint density at radius 3 is 2.41 bits per heavy atom. The molecule has 2 heterocycles. The molecule has 1 fully saturated rings. The molecule has 0 saturated carbocycles. The van der Waals surface area contributed by atoms with Gasteiger partial charge < -0.3 is 4.74 Å². The molecule has 0 radical (unpaired) electrons. The first kappa shape index (κ1) is 32.7. The van der Waals surface area contributed by atoms with Crippen LogP contribution in [0.4, 0.5) is 23.7 Å². The number of urea groups is 1. The summed E-state index contributed by atoms with van der Waals surface area (Å²) in [4.78, 5) is 35.9. The van der Waals surface area contributed by atoms with E-state index in [9.17, 15) is 22.8 Å². The number of amides is 3. The number of nitrogens with zero attached hydrogens (tertiary/aromatic N) is 6. The van der Waals surface area contributed by atoms with Crippen molar-refractivity contribution < 1.29 is 27.5 Å². The van der Waals surface area contributed by atoms with E-state index in [4.69, 9.17) is 0 Å². The quantitative estimate of drug-likeness (QED) is 0.204. The zero-order valence-corrected chi connectivity index (χ0v) is 26.6. The highest BCUT2D eigenvalue weighted by molar-refractivity contribution is 8.15. The number of halogens is 3. The molecule has 1 saturated heterocycles. The van der Waals surface area contributed by atoms with Crippen molar-refractivity contribution in [3.8, 4) is 22.8 Å². The number of benzene rings is 3. The van der Waals surface area contributed by atoms with Crippen LogP contribution in [0.25, 0.3) is 17.1 Å². The van der Waals surface area contributed by atoms with Crippen LogP contribution in [0, 0.1) is 6.92 Å². The molecule has 1 aliphatic rings. The standard InChI is InChI=1S/C32H32F3N7O3S/c1-19(2)26-15-6-20(3)16-27(26)42-28(43)17-46-31(42)37-30(44)39-40(5)21(4)22-7-9-23(10-8-22)29-36-18-41(38-29)24-11-13-25(14-12-24)45-32(33,34)35/h6-16,18-19,21H,17H2,1-5H3,(H,39,44)/b37-31-. The number of alkyl halides is 3. The van der Waals surface area contributed by atoms with Crippen molar-refractivity contribution in [3.63, 3.8) is 0 Å². The van der Waals surface area contributed by atoms with Crippen molar-refractivity contribution in [1.82, 2.24) is 25.2 Å². The Labute approximate surface area is 268 Å². The van der Waals surface area contributed by atoms with Gasteiger partial charge in [0.15, 0.2) is 11.0 Å². The third kappa shape index (κ3) is 7.57. The molecule has 3 aromatic carbocycles. The summed E-state index contributed by atoms with van der Waals surface area (Å²) < 4.78 is 42.7. The third-order valence-electron chi connectivity index (χ3n) is 7.34. The first-order chi connectivity index (χ1) is 21.8. The molecule has 1 unspecified atom stereocenters. The number of carbonyl (C=O) groups is 2. The van der Waals surface area contributed by atoms with E-state index in [-0.39, 0.29) is 29.4 Å². The molecular formula is C32H32F3N7O3S. The van der Waals surface area contributed by atoms with Gasteiger partial charge in [0.2, 0.25) is 5.91 Å². The van der Waals surface area contributed by atoms with Crippen molar-refractivity contribution in [2.45, 2.75) is 46.0 Å². The largest absolute Gasteiger partial charge is 0.573 e. The molecule has 1 aromatic heterocycles. The molecule has 5 rings (SSSR count). The highest BCUT2D eigenvalue weighted by Gasteiger charge is 2.33. The molecule has 10 nitrogen and oxygen atoms in total. The summed E-state index contributed by atoms with van der Waals surface area (Å²) in [6.07, 6.45) is -3.30. The lowest BCUT2D eigenvalue weighted by Gasteiger charge is -2.25. The van der Waals surface area contributed by atoms with Gasteiger partial charge in [-0.05, 0) is 66.8 Å².